The Hall–Kier alpha value is -2.24. The van der Waals surface area contributed by atoms with E-state index in [1.807, 2.05) is 12.1 Å². The van der Waals surface area contributed by atoms with E-state index in [4.69, 9.17) is 14.2 Å². The summed E-state index contributed by atoms with van der Waals surface area (Å²) in [5.41, 5.74) is -0.265. The molecule has 1 heterocycles. The van der Waals surface area contributed by atoms with E-state index in [0.717, 1.165) is 5.56 Å². The Morgan fingerprint density at radius 2 is 2.05 bits per heavy atom. The highest BCUT2D eigenvalue weighted by Crippen LogP contribution is 2.33. The van der Waals surface area contributed by atoms with Gasteiger partial charge in [0.2, 0.25) is 12.7 Å². The molecule has 1 N–H and O–H groups in total. The maximum absolute atomic E-state index is 12.1. The molecule has 6 nitrogen and oxygen atoms in total. The molecule has 21 heavy (non-hydrogen) atoms. The summed E-state index contributed by atoms with van der Waals surface area (Å²) in [5.74, 6) is 0.571. The fourth-order valence-corrected chi connectivity index (χ4v) is 2.31. The second kappa shape index (κ2) is 6.03. The molecule has 1 atom stereocenters. The van der Waals surface area contributed by atoms with E-state index in [9.17, 15) is 9.59 Å². The first-order valence-electron chi connectivity index (χ1n) is 6.79. The maximum Gasteiger partial charge on any atom is 0.331 e. The highest BCUT2D eigenvalue weighted by Gasteiger charge is 2.36. The van der Waals surface area contributed by atoms with Gasteiger partial charge in [0.1, 0.15) is 5.54 Å². The summed E-state index contributed by atoms with van der Waals surface area (Å²) in [5, 5.41) is 2.67. The van der Waals surface area contributed by atoms with Gasteiger partial charge in [-0.15, -0.1) is 0 Å². The lowest BCUT2D eigenvalue weighted by molar-refractivity contribution is -0.152. The molecule has 1 aliphatic heterocycles. The van der Waals surface area contributed by atoms with Crippen molar-refractivity contribution in [2.75, 3.05) is 13.4 Å². The van der Waals surface area contributed by atoms with Crippen molar-refractivity contribution in [3.05, 3.63) is 23.8 Å². The van der Waals surface area contributed by atoms with Crippen molar-refractivity contribution in [2.45, 2.75) is 32.7 Å². The monoisotopic (exact) mass is 293 g/mol. The van der Waals surface area contributed by atoms with Crippen LogP contribution in [-0.4, -0.2) is 30.8 Å². The molecule has 0 fully saturated rings. The number of carbonyl (C=O) groups excluding carboxylic acids is 2. The molecule has 1 aromatic carbocycles. The van der Waals surface area contributed by atoms with Crippen molar-refractivity contribution in [3.8, 4) is 11.5 Å². The maximum atomic E-state index is 12.1. The van der Waals surface area contributed by atoms with E-state index >= 15 is 0 Å². The van der Waals surface area contributed by atoms with Crippen LogP contribution in [0.25, 0.3) is 0 Å². The van der Waals surface area contributed by atoms with Crippen LogP contribution in [0.1, 0.15) is 26.3 Å². The lowest BCUT2D eigenvalue weighted by Gasteiger charge is -2.28. The molecule has 114 valence electrons. The summed E-state index contributed by atoms with van der Waals surface area (Å²) < 4.78 is 15.6. The minimum Gasteiger partial charge on any atom is -0.464 e. The highest BCUT2D eigenvalue weighted by molar-refractivity contribution is 5.87. The van der Waals surface area contributed by atoms with Gasteiger partial charge in [0.15, 0.2) is 11.5 Å². The van der Waals surface area contributed by atoms with Gasteiger partial charge in [0, 0.05) is 13.3 Å². The third-order valence-electron chi connectivity index (χ3n) is 3.17. The number of hydrogen-bond donors (Lipinski definition) is 1. The van der Waals surface area contributed by atoms with Crippen LogP contribution in [0.5, 0.6) is 11.5 Å². The molecule has 0 spiro atoms. The van der Waals surface area contributed by atoms with Crippen molar-refractivity contribution in [2.24, 2.45) is 0 Å². The van der Waals surface area contributed by atoms with Gasteiger partial charge in [0.05, 0.1) is 6.61 Å². The Kier molecular flexibility index (Phi) is 4.35. The Labute approximate surface area is 123 Å². The van der Waals surface area contributed by atoms with Gasteiger partial charge in [-0.3, -0.25) is 4.79 Å². The number of esters is 1. The predicted octanol–water partition coefficient (Wildman–Crippen LogP) is 1.42. The molecule has 1 aliphatic rings. The number of amides is 1. The van der Waals surface area contributed by atoms with Crippen molar-refractivity contribution in [1.82, 2.24) is 5.32 Å². The smallest absolute Gasteiger partial charge is 0.331 e. The average molecular weight is 293 g/mol. The van der Waals surface area contributed by atoms with E-state index in [1.54, 1.807) is 19.9 Å². The fourth-order valence-electron chi connectivity index (χ4n) is 2.31. The molecule has 0 unspecified atom stereocenters. The number of ether oxygens (including phenoxy) is 3. The van der Waals surface area contributed by atoms with E-state index in [-0.39, 0.29) is 19.3 Å². The van der Waals surface area contributed by atoms with Gasteiger partial charge >= 0.3 is 5.97 Å². The van der Waals surface area contributed by atoms with Crippen molar-refractivity contribution in [3.63, 3.8) is 0 Å². The second-order valence-electron chi connectivity index (χ2n) is 5.10. The van der Waals surface area contributed by atoms with Crippen LogP contribution in [0, 0.1) is 0 Å². The standard InChI is InChI=1S/C15H19NO5/c1-4-19-14(18)15(3,16-10(2)17)8-11-5-6-12-13(7-11)21-9-20-12/h5-7H,4,8-9H2,1-3H3,(H,16,17)/t15-/m0/s1. The second-order valence-corrected chi connectivity index (χ2v) is 5.10. The van der Waals surface area contributed by atoms with Crippen LogP contribution < -0.4 is 14.8 Å². The average Bonchev–Trinajstić information content (AvgIpc) is 2.85. The van der Waals surface area contributed by atoms with Crippen LogP contribution >= 0.6 is 0 Å². The van der Waals surface area contributed by atoms with Gasteiger partial charge < -0.3 is 19.5 Å². The van der Waals surface area contributed by atoms with Crippen LogP contribution in [0.4, 0.5) is 0 Å². The molecule has 2 rings (SSSR count). The van der Waals surface area contributed by atoms with Crippen molar-refractivity contribution >= 4 is 11.9 Å². The Bertz CT molecular complexity index is 557. The lowest BCUT2D eigenvalue weighted by Crippen LogP contribution is -2.54. The molecule has 0 saturated carbocycles. The van der Waals surface area contributed by atoms with Gasteiger partial charge in [-0.2, -0.15) is 0 Å². The number of carbonyl (C=O) groups is 2. The molecule has 0 saturated heterocycles. The topological polar surface area (TPSA) is 73.9 Å². The van der Waals surface area contributed by atoms with E-state index in [1.165, 1.54) is 6.92 Å². The molecule has 0 aliphatic carbocycles. The number of nitrogens with one attached hydrogen (secondary N) is 1. The van der Waals surface area contributed by atoms with E-state index < -0.39 is 11.5 Å². The zero-order chi connectivity index (χ0) is 15.5. The molecule has 0 aromatic heterocycles. The highest BCUT2D eigenvalue weighted by atomic mass is 16.7. The van der Waals surface area contributed by atoms with Crippen molar-refractivity contribution in [1.29, 1.82) is 0 Å². The minimum absolute atomic E-state index is 0.194. The minimum atomic E-state index is -1.12. The van der Waals surface area contributed by atoms with E-state index in [2.05, 4.69) is 5.32 Å². The Morgan fingerprint density at radius 1 is 1.33 bits per heavy atom. The zero-order valence-corrected chi connectivity index (χ0v) is 12.4. The molecule has 0 radical (unpaired) electrons. The third kappa shape index (κ3) is 3.45. The summed E-state index contributed by atoms with van der Waals surface area (Å²) in [7, 11) is 0. The van der Waals surface area contributed by atoms with Gasteiger partial charge in [-0.25, -0.2) is 4.79 Å². The summed E-state index contributed by atoms with van der Waals surface area (Å²) in [6, 6.07) is 5.44. The summed E-state index contributed by atoms with van der Waals surface area (Å²) in [6.45, 7) is 5.20. The first-order chi connectivity index (χ1) is 9.94. The van der Waals surface area contributed by atoms with Gasteiger partial charge in [-0.1, -0.05) is 6.07 Å². The molecular weight excluding hydrogens is 274 g/mol. The van der Waals surface area contributed by atoms with Crippen molar-refractivity contribution < 1.29 is 23.8 Å². The number of benzene rings is 1. The zero-order valence-electron chi connectivity index (χ0n) is 12.4. The van der Waals surface area contributed by atoms with Gasteiger partial charge in [-0.05, 0) is 31.5 Å². The molecule has 6 heteroatoms. The molecule has 1 aromatic rings. The fraction of sp³-hybridized carbons (Fsp3) is 0.467. The number of hydrogen-bond acceptors (Lipinski definition) is 5. The Balaban J connectivity index is 2.21. The summed E-state index contributed by atoms with van der Waals surface area (Å²) in [4.78, 5) is 23.5. The third-order valence-corrected chi connectivity index (χ3v) is 3.17. The number of fused-ring (bicyclic) bond motifs is 1. The van der Waals surface area contributed by atoms with Crippen LogP contribution in [0.2, 0.25) is 0 Å². The molecule has 0 bridgehead atoms. The normalized spacial score (nSPS) is 15.2. The number of rotatable bonds is 5. The summed E-state index contributed by atoms with van der Waals surface area (Å²) >= 11 is 0. The van der Waals surface area contributed by atoms with Gasteiger partial charge in [0.25, 0.3) is 0 Å². The van der Waals surface area contributed by atoms with Crippen LogP contribution in [0.3, 0.4) is 0 Å². The molecular formula is C15H19NO5. The quantitative estimate of drug-likeness (QED) is 0.831. The Morgan fingerprint density at radius 3 is 2.71 bits per heavy atom. The molecule has 1 amide bonds. The van der Waals surface area contributed by atoms with E-state index in [0.29, 0.717) is 17.9 Å². The lowest BCUT2D eigenvalue weighted by atomic mass is 9.92. The first-order valence-corrected chi connectivity index (χ1v) is 6.79. The first kappa shape index (κ1) is 15.2. The predicted molar refractivity (Wildman–Crippen MR) is 75.1 cm³/mol. The van der Waals surface area contributed by atoms with Crippen LogP contribution in [0.15, 0.2) is 18.2 Å². The largest absolute Gasteiger partial charge is 0.464 e. The SMILES string of the molecule is CCOC(=O)[C@](C)(Cc1ccc2c(c1)OCO2)NC(C)=O. The van der Waals surface area contributed by atoms with Crippen LogP contribution in [-0.2, 0) is 20.7 Å². The summed E-state index contributed by atoms with van der Waals surface area (Å²) in [6.07, 6.45) is 0.308.